The molecule has 0 saturated carbocycles. The minimum Gasteiger partial charge on any atom is -0.348 e. The largest absolute Gasteiger partial charge is 0.348 e. The van der Waals surface area contributed by atoms with Crippen LogP contribution in [0.25, 0.3) is 10.9 Å². The van der Waals surface area contributed by atoms with E-state index in [9.17, 15) is 0 Å². The molecule has 1 heterocycles. The summed E-state index contributed by atoms with van der Waals surface area (Å²) in [5.41, 5.74) is 7.18. The first-order chi connectivity index (χ1) is 9.20. The van der Waals surface area contributed by atoms with E-state index in [0.29, 0.717) is 0 Å². The van der Waals surface area contributed by atoms with Crippen LogP contribution in [0.15, 0.2) is 12.1 Å². The van der Waals surface area contributed by atoms with Crippen molar-refractivity contribution in [1.29, 1.82) is 0 Å². The normalized spacial score (nSPS) is 12.3. The fourth-order valence-corrected chi connectivity index (χ4v) is 3.03. The highest BCUT2D eigenvalue weighted by Crippen LogP contribution is 2.29. The molecule has 0 fully saturated rings. The van der Waals surface area contributed by atoms with Crippen molar-refractivity contribution in [2.45, 2.75) is 53.5 Å². The van der Waals surface area contributed by atoms with Crippen molar-refractivity contribution in [2.24, 2.45) is 7.05 Å². The first kappa shape index (κ1) is 15.1. The third-order valence-corrected chi connectivity index (χ3v) is 4.09. The molecule has 110 valence electrons. The molecule has 2 nitrogen and oxygen atoms in total. The van der Waals surface area contributed by atoms with Crippen molar-refractivity contribution >= 4 is 10.9 Å². The van der Waals surface area contributed by atoms with Crippen molar-refractivity contribution in [3.8, 4) is 0 Å². The van der Waals surface area contributed by atoms with Gasteiger partial charge in [0.25, 0.3) is 0 Å². The fraction of sp³-hybridized carbons (Fsp3) is 0.556. The van der Waals surface area contributed by atoms with Crippen molar-refractivity contribution in [3.05, 3.63) is 34.5 Å². The van der Waals surface area contributed by atoms with Gasteiger partial charge in [-0.2, -0.15) is 0 Å². The summed E-state index contributed by atoms with van der Waals surface area (Å²) in [5, 5.41) is 5.04. The molecule has 1 aromatic heterocycles. The predicted molar refractivity (Wildman–Crippen MR) is 88.6 cm³/mol. The highest BCUT2D eigenvalue weighted by molar-refractivity contribution is 5.89. The molecule has 2 heteroatoms. The molecule has 0 radical (unpaired) electrons. The Bertz CT molecular complexity index is 627. The number of nitrogens with one attached hydrogen (secondary N) is 1. The van der Waals surface area contributed by atoms with Crippen LogP contribution in [-0.4, -0.2) is 16.7 Å². The van der Waals surface area contributed by atoms with Crippen molar-refractivity contribution in [1.82, 2.24) is 9.88 Å². The quantitative estimate of drug-likeness (QED) is 0.892. The summed E-state index contributed by atoms with van der Waals surface area (Å²) in [6.07, 6.45) is 1.09. The number of hydrogen-bond acceptors (Lipinski definition) is 1. The zero-order valence-electron chi connectivity index (χ0n) is 14.0. The summed E-state index contributed by atoms with van der Waals surface area (Å²) in [5.74, 6) is 0. The van der Waals surface area contributed by atoms with E-state index in [1.54, 1.807) is 0 Å². The molecule has 2 rings (SSSR count). The highest BCUT2D eigenvalue weighted by atomic mass is 15.0. The molecule has 0 unspecified atom stereocenters. The van der Waals surface area contributed by atoms with E-state index in [0.717, 1.165) is 13.0 Å². The molecule has 1 aromatic carbocycles. The summed E-state index contributed by atoms with van der Waals surface area (Å²) in [4.78, 5) is 0. The predicted octanol–water partition coefficient (Wildman–Crippen LogP) is 4.03. The van der Waals surface area contributed by atoms with Gasteiger partial charge >= 0.3 is 0 Å². The number of fused-ring (bicyclic) bond motifs is 1. The molecule has 20 heavy (non-hydrogen) atoms. The van der Waals surface area contributed by atoms with Crippen LogP contribution < -0.4 is 5.32 Å². The summed E-state index contributed by atoms with van der Waals surface area (Å²) >= 11 is 0. The van der Waals surface area contributed by atoms with E-state index in [-0.39, 0.29) is 5.54 Å². The molecular weight excluding hydrogens is 244 g/mol. The van der Waals surface area contributed by atoms with E-state index < -0.39 is 0 Å². The van der Waals surface area contributed by atoms with Gasteiger partial charge in [0.2, 0.25) is 0 Å². The molecule has 0 saturated heterocycles. The Kier molecular flexibility index (Phi) is 3.97. The summed E-state index contributed by atoms with van der Waals surface area (Å²) in [6, 6.07) is 4.60. The van der Waals surface area contributed by atoms with Gasteiger partial charge < -0.3 is 9.88 Å². The third kappa shape index (κ3) is 2.90. The topological polar surface area (TPSA) is 17.0 Å². The molecule has 2 aromatic rings. The molecule has 0 atom stereocenters. The Morgan fingerprint density at radius 1 is 1.10 bits per heavy atom. The molecule has 0 aliphatic rings. The van der Waals surface area contributed by atoms with Crippen LogP contribution in [0.1, 0.15) is 43.2 Å². The van der Waals surface area contributed by atoms with Crippen molar-refractivity contribution in [3.63, 3.8) is 0 Å². The summed E-state index contributed by atoms with van der Waals surface area (Å²) < 4.78 is 2.34. The second-order valence-electron chi connectivity index (χ2n) is 7.03. The second-order valence-corrected chi connectivity index (χ2v) is 7.03. The lowest BCUT2D eigenvalue weighted by molar-refractivity contribution is 0.429. The number of hydrogen-bond donors (Lipinski definition) is 1. The lowest BCUT2D eigenvalue weighted by atomic mass is 10.0. The Balaban J connectivity index is 2.40. The van der Waals surface area contributed by atoms with Gasteiger partial charge in [0.1, 0.15) is 0 Å². The average molecular weight is 272 g/mol. The minimum atomic E-state index is 0.185. The van der Waals surface area contributed by atoms with Crippen LogP contribution >= 0.6 is 0 Å². The molecule has 0 bridgehead atoms. The number of nitrogens with zero attached hydrogens (tertiary/aromatic N) is 1. The Morgan fingerprint density at radius 3 is 2.35 bits per heavy atom. The first-order valence-electron chi connectivity index (χ1n) is 7.51. The smallest absolute Gasteiger partial charge is 0.0488 e. The van der Waals surface area contributed by atoms with Gasteiger partial charge in [-0.25, -0.2) is 0 Å². The van der Waals surface area contributed by atoms with E-state index in [1.165, 1.54) is 33.3 Å². The number of aromatic nitrogens is 1. The molecular formula is C18H28N2. The van der Waals surface area contributed by atoms with Crippen LogP contribution in [-0.2, 0) is 13.5 Å². The monoisotopic (exact) mass is 272 g/mol. The van der Waals surface area contributed by atoms with Gasteiger partial charge in [-0.1, -0.05) is 6.07 Å². The molecule has 0 aliphatic heterocycles. The Hall–Kier alpha value is -1.28. The fourth-order valence-electron chi connectivity index (χ4n) is 3.03. The van der Waals surface area contributed by atoms with Crippen molar-refractivity contribution < 1.29 is 0 Å². The highest BCUT2D eigenvalue weighted by Gasteiger charge is 2.15. The van der Waals surface area contributed by atoms with Gasteiger partial charge in [0.05, 0.1) is 0 Å². The SMILES string of the molecule is Cc1cc(C)c2c(CCNC(C)(C)C)c(C)n(C)c2c1. The molecule has 1 N–H and O–H groups in total. The zero-order valence-corrected chi connectivity index (χ0v) is 14.0. The van der Waals surface area contributed by atoms with E-state index in [2.05, 4.69) is 70.6 Å². The summed E-state index contributed by atoms with van der Waals surface area (Å²) in [7, 11) is 2.18. The lowest BCUT2D eigenvalue weighted by Gasteiger charge is -2.20. The van der Waals surface area contributed by atoms with Gasteiger partial charge in [-0.05, 0) is 77.3 Å². The number of aryl methyl sites for hydroxylation is 3. The third-order valence-electron chi connectivity index (χ3n) is 4.09. The van der Waals surface area contributed by atoms with Gasteiger partial charge in [-0.3, -0.25) is 0 Å². The Labute approximate surface area is 123 Å². The maximum atomic E-state index is 3.59. The average Bonchev–Trinajstić information content (AvgIpc) is 2.53. The maximum absolute atomic E-state index is 3.59. The molecule has 0 amide bonds. The Morgan fingerprint density at radius 2 is 1.75 bits per heavy atom. The van der Waals surface area contributed by atoms with Crippen LogP contribution in [0, 0.1) is 20.8 Å². The van der Waals surface area contributed by atoms with Crippen molar-refractivity contribution in [2.75, 3.05) is 6.54 Å². The zero-order chi connectivity index (χ0) is 15.1. The maximum Gasteiger partial charge on any atom is 0.0488 e. The standard InChI is InChI=1S/C18H28N2/c1-12-10-13(2)17-15(8-9-19-18(4,5)6)14(3)20(7)16(17)11-12/h10-11,19H,8-9H2,1-7H3. The van der Waals surface area contributed by atoms with E-state index in [1.807, 2.05) is 0 Å². The minimum absolute atomic E-state index is 0.185. The van der Waals surface area contributed by atoms with Crippen LogP contribution in [0.3, 0.4) is 0 Å². The molecule has 0 spiro atoms. The van der Waals surface area contributed by atoms with E-state index >= 15 is 0 Å². The molecule has 0 aliphatic carbocycles. The van der Waals surface area contributed by atoms with Gasteiger partial charge in [0.15, 0.2) is 0 Å². The number of benzene rings is 1. The second kappa shape index (κ2) is 5.25. The van der Waals surface area contributed by atoms with Crippen LogP contribution in [0.2, 0.25) is 0 Å². The number of rotatable bonds is 3. The lowest BCUT2D eigenvalue weighted by Crippen LogP contribution is -2.37. The van der Waals surface area contributed by atoms with Crippen LogP contribution in [0.4, 0.5) is 0 Å². The van der Waals surface area contributed by atoms with Gasteiger partial charge in [-0.15, -0.1) is 0 Å². The van der Waals surface area contributed by atoms with E-state index in [4.69, 9.17) is 0 Å². The first-order valence-corrected chi connectivity index (χ1v) is 7.51. The van der Waals surface area contributed by atoms with Crippen LogP contribution in [0.5, 0.6) is 0 Å². The van der Waals surface area contributed by atoms with Gasteiger partial charge in [0, 0.05) is 29.2 Å². The summed E-state index contributed by atoms with van der Waals surface area (Å²) in [6.45, 7) is 14.3.